The van der Waals surface area contributed by atoms with Crippen LogP contribution < -0.4 is 10.2 Å². The minimum absolute atomic E-state index is 0.196. The molecule has 2 unspecified atom stereocenters. The molecule has 6 heterocycles. The molecule has 0 aliphatic carbocycles. The van der Waals surface area contributed by atoms with Gasteiger partial charge in [0.1, 0.15) is 28.7 Å². The minimum atomic E-state index is -0.685. The topological polar surface area (TPSA) is 87.0 Å². The van der Waals surface area contributed by atoms with Crippen molar-refractivity contribution in [3.05, 3.63) is 84.7 Å². The van der Waals surface area contributed by atoms with Crippen molar-refractivity contribution in [3.63, 3.8) is 0 Å². The zero-order chi connectivity index (χ0) is 26.2. The number of aromatic nitrogens is 6. The molecule has 0 bridgehead atoms. The fourth-order valence-corrected chi connectivity index (χ4v) is 5.69. The number of hydrogen-bond donors (Lipinski definition) is 2. The van der Waals surface area contributed by atoms with E-state index in [2.05, 4.69) is 25.5 Å². The average Bonchev–Trinajstić information content (AvgIpc) is 3.57. The fraction of sp³-hybridized carbons (Fsp3) is 0.143. The summed E-state index contributed by atoms with van der Waals surface area (Å²) in [6, 6.07) is 11.5. The van der Waals surface area contributed by atoms with Crippen LogP contribution in [0.2, 0.25) is 0 Å². The molecule has 11 heteroatoms. The molecule has 8 nitrogen and oxygen atoms in total. The van der Waals surface area contributed by atoms with Crippen molar-refractivity contribution in [2.45, 2.75) is 12.1 Å². The maximum Gasteiger partial charge on any atom is 0.164 e. The molecule has 0 saturated carbocycles. The number of anilines is 1. The van der Waals surface area contributed by atoms with Crippen molar-refractivity contribution in [1.29, 1.82) is 0 Å². The molecule has 2 aromatic carbocycles. The van der Waals surface area contributed by atoms with E-state index < -0.39 is 17.5 Å². The van der Waals surface area contributed by atoms with Crippen molar-refractivity contribution in [1.82, 2.24) is 35.1 Å². The van der Waals surface area contributed by atoms with Gasteiger partial charge in [-0.2, -0.15) is 10.2 Å². The normalized spacial score (nSPS) is 18.3. The van der Waals surface area contributed by atoms with Crippen LogP contribution in [0, 0.1) is 17.5 Å². The van der Waals surface area contributed by atoms with Gasteiger partial charge < -0.3 is 10.2 Å². The number of fused-ring (bicyclic) bond motifs is 3. The number of aromatic amines is 1. The molecule has 192 valence electrons. The highest BCUT2D eigenvalue weighted by molar-refractivity contribution is 6.03. The number of halogens is 3. The van der Waals surface area contributed by atoms with Crippen LogP contribution in [0.3, 0.4) is 0 Å². The van der Waals surface area contributed by atoms with Crippen molar-refractivity contribution in [2.75, 3.05) is 18.0 Å². The third kappa shape index (κ3) is 3.16. The van der Waals surface area contributed by atoms with E-state index in [0.29, 0.717) is 39.6 Å². The molecule has 2 saturated heterocycles. The predicted octanol–water partition coefficient (Wildman–Crippen LogP) is 4.58. The van der Waals surface area contributed by atoms with Gasteiger partial charge in [0.15, 0.2) is 5.65 Å². The summed E-state index contributed by atoms with van der Waals surface area (Å²) in [4.78, 5) is 10.7. The Morgan fingerprint density at radius 2 is 1.72 bits per heavy atom. The van der Waals surface area contributed by atoms with Gasteiger partial charge in [0, 0.05) is 54.4 Å². The van der Waals surface area contributed by atoms with Gasteiger partial charge in [-0.05, 0) is 42.0 Å². The number of nitrogens with one attached hydrogen (secondary N) is 2. The van der Waals surface area contributed by atoms with Crippen LogP contribution in [0.1, 0.15) is 0 Å². The predicted molar refractivity (Wildman–Crippen MR) is 140 cm³/mol. The molecular weight excluding hydrogens is 505 g/mol. The quantitative estimate of drug-likeness (QED) is 0.351. The number of benzene rings is 2. The number of H-pyrrole nitrogens is 1. The summed E-state index contributed by atoms with van der Waals surface area (Å²) in [7, 11) is 0. The van der Waals surface area contributed by atoms with Crippen molar-refractivity contribution >= 4 is 22.2 Å². The zero-order valence-electron chi connectivity index (χ0n) is 20.2. The van der Waals surface area contributed by atoms with Crippen molar-refractivity contribution in [3.8, 4) is 33.6 Å². The van der Waals surface area contributed by atoms with E-state index in [0.717, 1.165) is 18.7 Å². The Morgan fingerprint density at radius 3 is 2.44 bits per heavy atom. The Morgan fingerprint density at radius 1 is 0.897 bits per heavy atom. The Kier molecular flexibility index (Phi) is 4.63. The molecule has 2 aliphatic rings. The largest absolute Gasteiger partial charge is 0.364 e. The lowest BCUT2D eigenvalue weighted by Gasteiger charge is -2.57. The van der Waals surface area contributed by atoms with Crippen LogP contribution in [0.25, 0.3) is 50.2 Å². The third-order valence-corrected chi connectivity index (χ3v) is 7.77. The summed E-state index contributed by atoms with van der Waals surface area (Å²) in [5.74, 6) is -1.82. The first-order chi connectivity index (χ1) is 19.1. The lowest BCUT2D eigenvalue weighted by Crippen LogP contribution is -2.78. The molecule has 2 fully saturated rings. The Labute approximate surface area is 219 Å². The molecule has 0 spiro atoms. The first kappa shape index (κ1) is 22.2. The van der Waals surface area contributed by atoms with Crippen molar-refractivity contribution < 1.29 is 13.2 Å². The standard InChI is InChI=1S/C28H19F3N8/c29-18-2-1-16(17-11-35-36-27(17)18)24-26(14-3-6-32-7-4-14)37-39-22(5-8-33-28(24)39)25-19(30)9-15(10-20(25)31)38-13-21-23(38)12-34-21/h1-11,21,23,34H,12-13H2,(H,35,36). The lowest BCUT2D eigenvalue weighted by molar-refractivity contribution is 0.213. The highest BCUT2D eigenvalue weighted by Gasteiger charge is 2.45. The fourth-order valence-electron chi connectivity index (χ4n) is 5.69. The molecule has 39 heavy (non-hydrogen) atoms. The summed E-state index contributed by atoms with van der Waals surface area (Å²) in [6.45, 7) is 1.53. The summed E-state index contributed by atoms with van der Waals surface area (Å²) in [5.41, 5.74) is 3.57. The Hall–Kier alpha value is -4.77. The van der Waals surface area contributed by atoms with E-state index in [4.69, 9.17) is 5.10 Å². The smallest absolute Gasteiger partial charge is 0.164 e. The monoisotopic (exact) mass is 524 g/mol. The highest BCUT2D eigenvalue weighted by atomic mass is 19.1. The molecule has 2 aliphatic heterocycles. The molecule has 8 rings (SSSR count). The summed E-state index contributed by atoms with van der Waals surface area (Å²) < 4.78 is 47.2. The molecule has 0 radical (unpaired) electrons. The molecule has 0 amide bonds. The van der Waals surface area contributed by atoms with Crippen LogP contribution in [-0.2, 0) is 0 Å². The van der Waals surface area contributed by atoms with Gasteiger partial charge in [0.2, 0.25) is 0 Å². The second-order valence-corrected chi connectivity index (χ2v) is 9.80. The third-order valence-electron chi connectivity index (χ3n) is 7.77. The molecule has 2 atom stereocenters. The summed E-state index contributed by atoms with van der Waals surface area (Å²) in [6.07, 6.45) is 6.29. The lowest BCUT2D eigenvalue weighted by atomic mass is 9.88. The maximum absolute atomic E-state index is 15.6. The first-order valence-electron chi connectivity index (χ1n) is 12.5. The summed E-state index contributed by atoms with van der Waals surface area (Å²) in [5, 5.41) is 15.3. The molecule has 2 N–H and O–H groups in total. The van der Waals surface area contributed by atoms with Gasteiger partial charge in [-0.3, -0.25) is 10.1 Å². The number of piperazine rings is 1. The van der Waals surface area contributed by atoms with E-state index in [1.54, 1.807) is 30.6 Å². The second-order valence-electron chi connectivity index (χ2n) is 9.80. The van der Waals surface area contributed by atoms with E-state index in [-0.39, 0.29) is 22.8 Å². The van der Waals surface area contributed by atoms with E-state index in [1.165, 1.54) is 41.2 Å². The van der Waals surface area contributed by atoms with Gasteiger partial charge in [-0.1, -0.05) is 6.07 Å². The van der Waals surface area contributed by atoms with Gasteiger partial charge in [-0.25, -0.2) is 22.7 Å². The van der Waals surface area contributed by atoms with E-state index in [9.17, 15) is 4.39 Å². The van der Waals surface area contributed by atoms with Crippen LogP contribution in [0.5, 0.6) is 0 Å². The van der Waals surface area contributed by atoms with Crippen LogP contribution in [0.4, 0.5) is 18.9 Å². The van der Waals surface area contributed by atoms with Crippen LogP contribution >= 0.6 is 0 Å². The average molecular weight is 525 g/mol. The van der Waals surface area contributed by atoms with Gasteiger partial charge in [0.25, 0.3) is 0 Å². The van der Waals surface area contributed by atoms with E-state index >= 15 is 8.78 Å². The Balaban J connectivity index is 1.36. The van der Waals surface area contributed by atoms with Crippen LogP contribution in [0.15, 0.2) is 67.3 Å². The Bertz CT molecular complexity index is 1890. The van der Waals surface area contributed by atoms with E-state index in [1.807, 2.05) is 4.90 Å². The van der Waals surface area contributed by atoms with Gasteiger partial charge in [-0.15, -0.1) is 0 Å². The molecule has 6 aromatic rings. The number of hydrogen-bond acceptors (Lipinski definition) is 6. The second kappa shape index (κ2) is 8.11. The molecular formula is C28H19F3N8. The zero-order valence-corrected chi connectivity index (χ0v) is 20.2. The molecule has 4 aromatic heterocycles. The van der Waals surface area contributed by atoms with Crippen LogP contribution in [-0.4, -0.2) is 55.0 Å². The number of nitrogens with zero attached hydrogens (tertiary/aromatic N) is 6. The highest BCUT2D eigenvalue weighted by Crippen LogP contribution is 2.41. The number of pyridine rings is 1. The van der Waals surface area contributed by atoms with Gasteiger partial charge >= 0.3 is 0 Å². The SMILES string of the molecule is Fc1cc(N2CC3NCC32)cc(F)c1-c1ccnc2c(-c3ccc(F)c4[nH]ncc34)c(-c3ccncc3)nn12. The first-order valence-corrected chi connectivity index (χ1v) is 12.5. The number of rotatable bonds is 4. The minimum Gasteiger partial charge on any atom is -0.364 e. The maximum atomic E-state index is 15.6. The van der Waals surface area contributed by atoms with Gasteiger partial charge in [0.05, 0.1) is 29.1 Å². The summed E-state index contributed by atoms with van der Waals surface area (Å²) >= 11 is 0. The van der Waals surface area contributed by atoms with Crippen molar-refractivity contribution in [2.24, 2.45) is 0 Å².